The molecule has 19 heavy (non-hydrogen) atoms. The van der Waals surface area contributed by atoms with Crippen molar-refractivity contribution in [3.8, 4) is 0 Å². The largest absolute Gasteiger partial charge is 0.309 e. The summed E-state index contributed by atoms with van der Waals surface area (Å²) >= 11 is 1.86. The minimum atomic E-state index is 0.180. The van der Waals surface area contributed by atoms with Crippen molar-refractivity contribution in [2.75, 3.05) is 0 Å². The van der Waals surface area contributed by atoms with Gasteiger partial charge in [-0.15, -0.1) is 11.3 Å². The van der Waals surface area contributed by atoms with E-state index in [1.807, 2.05) is 11.3 Å². The molecule has 1 aliphatic rings. The minimum Gasteiger partial charge on any atom is -0.309 e. The van der Waals surface area contributed by atoms with E-state index in [1.165, 1.54) is 42.0 Å². The number of nitrogens with one attached hydrogen (secondary N) is 1. The van der Waals surface area contributed by atoms with Gasteiger partial charge in [-0.3, -0.25) is 0 Å². The van der Waals surface area contributed by atoms with Crippen molar-refractivity contribution in [1.82, 2.24) is 10.3 Å². The molecule has 1 saturated carbocycles. The van der Waals surface area contributed by atoms with Crippen LogP contribution >= 0.6 is 11.3 Å². The van der Waals surface area contributed by atoms with E-state index in [0.29, 0.717) is 0 Å². The molecule has 0 aromatic carbocycles. The molecule has 0 aliphatic heterocycles. The summed E-state index contributed by atoms with van der Waals surface area (Å²) in [5, 5.41) is 5.02. The van der Waals surface area contributed by atoms with Crippen LogP contribution in [0.3, 0.4) is 0 Å². The smallest absolute Gasteiger partial charge is 0.0981 e. The minimum absolute atomic E-state index is 0.180. The summed E-state index contributed by atoms with van der Waals surface area (Å²) in [6.45, 7) is 10.0. The maximum Gasteiger partial charge on any atom is 0.0981 e. The normalized spacial score (nSPS) is 24.6. The van der Waals surface area contributed by atoms with E-state index in [1.54, 1.807) is 0 Å². The van der Waals surface area contributed by atoms with Gasteiger partial charge in [-0.1, -0.05) is 47.0 Å². The van der Waals surface area contributed by atoms with Crippen molar-refractivity contribution < 1.29 is 0 Å². The van der Waals surface area contributed by atoms with E-state index in [0.717, 1.165) is 18.5 Å². The van der Waals surface area contributed by atoms with Crippen molar-refractivity contribution >= 4 is 11.3 Å². The van der Waals surface area contributed by atoms with Crippen molar-refractivity contribution in [2.24, 2.45) is 5.92 Å². The first-order valence-corrected chi connectivity index (χ1v) is 8.51. The highest BCUT2D eigenvalue weighted by atomic mass is 32.1. The van der Waals surface area contributed by atoms with Crippen molar-refractivity contribution in [1.29, 1.82) is 0 Å². The fraction of sp³-hybridized carbons (Fsp3) is 0.812. The number of hydrogen-bond donors (Lipinski definition) is 1. The molecule has 3 heteroatoms. The number of rotatable bonds is 4. The summed E-state index contributed by atoms with van der Waals surface area (Å²) in [6, 6.07) is 0.721. The first kappa shape index (κ1) is 15.0. The Morgan fingerprint density at radius 2 is 2.05 bits per heavy atom. The molecule has 2 atom stereocenters. The van der Waals surface area contributed by atoms with Crippen LogP contribution in [0.15, 0.2) is 6.20 Å². The van der Waals surface area contributed by atoms with Crippen molar-refractivity contribution in [3.05, 3.63) is 16.1 Å². The summed E-state index contributed by atoms with van der Waals surface area (Å²) in [7, 11) is 0. The lowest BCUT2D eigenvalue weighted by atomic mass is 9.83. The highest BCUT2D eigenvalue weighted by molar-refractivity contribution is 7.11. The van der Waals surface area contributed by atoms with Crippen LogP contribution in [0.4, 0.5) is 0 Å². The third kappa shape index (κ3) is 4.03. The Labute approximate surface area is 122 Å². The lowest BCUT2D eigenvalue weighted by Gasteiger charge is -2.31. The molecular weight excluding hydrogens is 252 g/mol. The second-order valence-electron chi connectivity index (χ2n) is 6.82. The van der Waals surface area contributed by atoms with Gasteiger partial charge in [0, 0.05) is 29.1 Å². The molecule has 1 fully saturated rings. The molecule has 1 aliphatic carbocycles. The first-order chi connectivity index (χ1) is 9.00. The molecular formula is C16H28N2S. The van der Waals surface area contributed by atoms with Gasteiger partial charge in [-0.05, 0) is 18.8 Å². The summed E-state index contributed by atoms with van der Waals surface area (Å²) < 4.78 is 0. The zero-order chi connectivity index (χ0) is 13.9. The molecule has 108 valence electrons. The predicted octanol–water partition coefficient (Wildman–Crippen LogP) is 4.50. The lowest BCUT2D eigenvalue weighted by Crippen LogP contribution is -2.37. The van der Waals surface area contributed by atoms with Gasteiger partial charge in [0.05, 0.1) is 5.01 Å². The summed E-state index contributed by atoms with van der Waals surface area (Å²) in [5.74, 6) is 0.878. The Morgan fingerprint density at radius 3 is 2.68 bits per heavy atom. The number of aromatic nitrogens is 1. The average Bonchev–Trinajstić information content (AvgIpc) is 2.85. The first-order valence-electron chi connectivity index (χ1n) is 7.69. The zero-order valence-electron chi connectivity index (χ0n) is 12.8. The van der Waals surface area contributed by atoms with Gasteiger partial charge in [-0.25, -0.2) is 4.98 Å². The van der Waals surface area contributed by atoms with E-state index in [2.05, 4.69) is 44.2 Å². The topological polar surface area (TPSA) is 24.9 Å². The van der Waals surface area contributed by atoms with Gasteiger partial charge in [0.25, 0.3) is 0 Å². The van der Waals surface area contributed by atoms with Crippen LogP contribution < -0.4 is 5.32 Å². The van der Waals surface area contributed by atoms with Gasteiger partial charge in [0.2, 0.25) is 0 Å². The maximum atomic E-state index is 4.57. The second-order valence-corrected chi connectivity index (χ2v) is 7.94. The summed E-state index contributed by atoms with van der Waals surface area (Å²) in [4.78, 5) is 5.95. The van der Waals surface area contributed by atoms with E-state index in [-0.39, 0.29) is 5.41 Å². The fourth-order valence-corrected chi connectivity index (χ4v) is 3.85. The Balaban J connectivity index is 1.89. The van der Waals surface area contributed by atoms with Crippen LogP contribution in [0.2, 0.25) is 0 Å². The predicted molar refractivity (Wildman–Crippen MR) is 83.7 cm³/mol. The standard InChI is InChI=1S/C16H28N2S/c1-5-12-8-6-7-9-14(12)17-10-13-11-18-15(19-13)16(2,3)4/h11-12,14,17H,5-10H2,1-4H3. The van der Waals surface area contributed by atoms with E-state index >= 15 is 0 Å². The average molecular weight is 280 g/mol. The van der Waals surface area contributed by atoms with Crippen LogP contribution in [0.5, 0.6) is 0 Å². The molecule has 0 spiro atoms. The monoisotopic (exact) mass is 280 g/mol. The Bertz CT molecular complexity index is 392. The quantitative estimate of drug-likeness (QED) is 0.878. The highest BCUT2D eigenvalue weighted by Crippen LogP contribution is 2.29. The second kappa shape index (κ2) is 6.36. The number of thiazole rings is 1. The molecule has 0 radical (unpaired) electrons. The summed E-state index contributed by atoms with van der Waals surface area (Å²) in [5.41, 5.74) is 0.180. The molecule has 1 aromatic rings. The maximum absolute atomic E-state index is 4.57. The zero-order valence-corrected chi connectivity index (χ0v) is 13.6. The van der Waals surface area contributed by atoms with Gasteiger partial charge < -0.3 is 5.32 Å². The van der Waals surface area contributed by atoms with Gasteiger partial charge in [0.15, 0.2) is 0 Å². The van der Waals surface area contributed by atoms with E-state index in [9.17, 15) is 0 Å². The summed E-state index contributed by atoms with van der Waals surface area (Å²) in [6.07, 6.45) is 8.94. The van der Waals surface area contributed by atoms with Crippen LogP contribution in [-0.2, 0) is 12.0 Å². The number of hydrogen-bond acceptors (Lipinski definition) is 3. The van der Waals surface area contributed by atoms with Gasteiger partial charge in [0.1, 0.15) is 0 Å². The molecule has 2 unspecified atom stereocenters. The molecule has 1 aromatic heterocycles. The fourth-order valence-electron chi connectivity index (χ4n) is 2.93. The third-order valence-electron chi connectivity index (χ3n) is 4.17. The lowest BCUT2D eigenvalue weighted by molar-refractivity contribution is 0.255. The van der Waals surface area contributed by atoms with E-state index < -0.39 is 0 Å². The van der Waals surface area contributed by atoms with E-state index in [4.69, 9.17) is 0 Å². The molecule has 2 nitrogen and oxygen atoms in total. The van der Waals surface area contributed by atoms with Crippen LogP contribution in [0, 0.1) is 5.92 Å². The third-order valence-corrected chi connectivity index (χ3v) is 5.59. The molecule has 0 amide bonds. The highest BCUT2D eigenvalue weighted by Gasteiger charge is 2.23. The van der Waals surface area contributed by atoms with Crippen LogP contribution in [0.1, 0.15) is 69.7 Å². The van der Waals surface area contributed by atoms with Gasteiger partial charge >= 0.3 is 0 Å². The Hall–Kier alpha value is -0.410. The van der Waals surface area contributed by atoms with Crippen molar-refractivity contribution in [2.45, 2.75) is 77.8 Å². The molecule has 1 heterocycles. The van der Waals surface area contributed by atoms with Crippen LogP contribution in [-0.4, -0.2) is 11.0 Å². The SMILES string of the molecule is CCC1CCCCC1NCc1cnc(C(C)(C)C)s1. The molecule has 2 rings (SSSR count). The van der Waals surface area contributed by atoms with Crippen molar-refractivity contribution in [3.63, 3.8) is 0 Å². The Kier molecular flexibility index (Phi) is 5.02. The molecule has 1 N–H and O–H groups in total. The molecule has 0 bridgehead atoms. The number of nitrogens with zero attached hydrogens (tertiary/aromatic N) is 1. The van der Waals surface area contributed by atoms with Crippen LogP contribution in [0.25, 0.3) is 0 Å². The van der Waals surface area contributed by atoms with Gasteiger partial charge in [-0.2, -0.15) is 0 Å². The molecule has 0 saturated heterocycles. The Morgan fingerprint density at radius 1 is 1.32 bits per heavy atom.